The third kappa shape index (κ3) is 2.18. The number of nitrogen functional groups attached to an aromatic ring is 1. The van der Waals surface area contributed by atoms with Crippen LogP contribution in [0.5, 0.6) is 0 Å². The Kier molecular flexibility index (Phi) is 2.78. The summed E-state index contributed by atoms with van der Waals surface area (Å²) >= 11 is 1.56. The standard InChI is InChI=1S/C9H15N3S/c10-9-12-11-8(13-9)7-5-3-1-2-4-6-7/h7H,1-6H2,(H2,10,12). The van der Waals surface area contributed by atoms with Gasteiger partial charge in [0.15, 0.2) is 0 Å². The molecule has 4 heteroatoms. The van der Waals surface area contributed by atoms with Crippen molar-refractivity contribution < 1.29 is 0 Å². The average molecular weight is 197 g/mol. The van der Waals surface area contributed by atoms with E-state index in [9.17, 15) is 0 Å². The van der Waals surface area contributed by atoms with Crippen LogP contribution in [0.1, 0.15) is 49.5 Å². The predicted molar refractivity (Wildman–Crippen MR) is 54.8 cm³/mol. The van der Waals surface area contributed by atoms with Gasteiger partial charge < -0.3 is 5.73 Å². The maximum Gasteiger partial charge on any atom is 0.203 e. The fourth-order valence-corrected chi connectivity index (χ4v) is 2.72. The molecule has 2 rings (SSSR count). The van der Waals surface area contributed by atoms with Gasteiger partial charge in [-0.05, 0) is 12.8 Å². The highest BCUT2D eigenvalue weighted by Gasteiger charge is 2.17. The zero-order chi connectivity index (χ0) is 9.10. The van der Waals surface area contributed by atoms with Crippen LogP contribution in [0.4, 0.5) is 5.13 Å². The van der Waals surface area contributed by atoms with E-state index < -0.39 is 0 Å². The highest BCUT2D eigenvalue weighted by Crippen LogP contribution is 2.33. The minimum atomic E-state index is 0.610. The van der Waals surface area contributed by atoms with Gasteiger partial charge in [-0.15, -0.1) is 10.2 Å². The lowest BCUT2D eigenvalue weighted by Gasteiger charge is -2.08. The fraction of sp³-hybridized carbons (Fsp3) is 0.778. The fourth-order valence-electron chi connectivity index (χ4n) is 1.94. The summed E-state index contributed by atoms with van der Waals surface area (Å²) in [6, 6.07) is 0. The molecule has 0 atom stereocenters. The molecule has 0 saturated heterocycles. The summed E-state index contributed by atoms with van der Waals surface area (Å²) in [5, 5.41) is 9.76. The number of hydrogen-bond acceptors (Lipinski definition) is 4. The van der Waals surface area contributed by atoms with Crippen molar-refractivity contribution in [2.45, 2.75) is 44.4 Å². The first-order valence-corrected chi connectivity index (χ1v) is 5.77. The van der Waals surface area contributed by atoms with E-state index in [1.54, 1.807) is 11.3 Å². The van der Waals surface area contributed by atoms with Crippen molar-refractivity contribution in [1.82, 2.24) is 10.2 Å². The van der Waals surface area contributed by atoms with Crippen LogP contribution in [0, 0.1) is 0 Å². The first-order valence-electron chi connectivity index (χ1n) is 4.95. The van der Waals surface area contributed by atoms with Gasteiger partial charge in [-0.25, -0.2) is 0 Å². The minimum Gasteiger partial charge on any atom is -0.374 e. The van der Waals surface area contributed by atoms with E-state index >= 15 is 0 Å². The molecule has 13 heavy (non-hydrogen) atoms. The van der Waals surface area contributed by atoms with E-state index in [0.29, 0.717) is 11.0 Å². The molecule has 72 valence electrons. The SMILES string of the molecule is Nc1nnc(C2CCCCCC2)s1. The van der Waals surface area contributed by atoms with Crippen LogP contribution < -0.4 is 5.73 Å². The first-order chi connectivity index (χ1) is 6.36. The molecule has 3 nitrogen and oxygen atoms in total. The van der Waals surface area contributed by atoms with Gasteiger partial charge in [-0.2, -0.15) is 0 Å². The Labute approximate surface area is 82.4 Å². The molecular formula is C9H15N3S. The summed E-state index contributed by atoms with van der Waals surface area (Å²) in [7, 11) is 0. The molecule has 0 unspecified atom stereocenters. The molecule has 1 saturated carbocycles. The molecule has 0 spiro atoms. The summed E-state index contributed by atoms with van der Waals surface area (Å²) < 4.78 is 0. The smallest absolute Gasteiger partial charge is 0.203 e. The van der Waals surface area contributed by atoms with E-state index in [1.165, 1.54) is 38.5 Å². The Morgan fingerprint density at radius 3 is 2.31 bits per heavy atom. The Balaban J connectivity index is 2.06. The molecule has 0 radical (unpaired) electrons. The van der Waals surface area contributed by atoms with E-state index in [-0.39, 0.29) is 0 Å². The average Bonchev–Trinajstić information content (AvgIpc) is 2.43. The number of anilines is 1. The summed E-state index contributed by atoms with van der Waals surface area (Å²) in [5.41, 5.74) is 5.57. The number of aromatic nitrogens is 2. The molecule has 1 aliphatic rings. The topological polar surface area (TPSA) is 51.8 Å². The third-order valence-electron chi connectivity index (χ3n) is 2.66. The monoisotopic (exact) mass is 197 g/mol. The van der Waals surface area contributed by atoms with Gasteiger partial charge in [0.1, 0.15) is 5.01 Å². The van der Waals surface area contributed by atoms with Crippen LogP contribution >= 0.6 is 11.3 Å². The van der Waals surface area contributed by atoms with Gasteiger partial charge in [0.2, 0.25) is 5.13 Å². The van der Waals surface area contributed by atoms with Crippen molar-refractivity contribution in [1.29, 1.82) is 0 Å². The summed E-state index contributed by atoms with van der Waals surface area (Å²) in [6.45, 7) is 0. The van der Waals surface area contributed by atoms with Crippen LogP contribution in [0.15, 0.2) is 0 Å². The number of rotatable bonds is 1. The van der Waals surface area contributed by atoms with Crippen LogP contribution in [0.3, 0.4) is 0 Å². The quantitative estimate of drug-likeness (QED) is 0.704. The zero-order valence-corrected chi connectivity index (χ0v) is 8.52. The molecule has 1 aromatic rings. The Bertz CT molecular complexity index is 264. The zero-order valence-electron chi connectivity index (χ0n) is 7.70. The Morgan fingerprint density at radius 1 is 1.08 bits per heavy atom. The highest BCUT2D eigenvalue weighted by atomic mass is 32.1. The highest BCUT2D eigenvalue weighted by molar-refractivity contribution is 7.15. The Hall–Kier alpha value is -0.640. The second kappa shape index (κ2) is 4.05. The lowest BCUT2D eigenvalue weighted by Crippen LogP contribution is -1.96. The van der Waals surface area contributed by atoms with Crippen molar-refractivity contribution in [2.75, 3.05) is 5.73 Å². The number of nitrogens with two attached hydrogens (primary N) is 1. The summed E-state index contributed by atoms with van der Waals surface area (Å²) in [4.78, 5) is 0. The van der Waals surface area contributed by atoms with Crippen molar-refractivity contribution >= 4 is 16.5 Å². The van der Waals surface area contributed by atoms with E-state index in [4.69, 9.17) is 5.73 Å². The molecule has 0 bridgehead atoms. The first kappa shape index (κ1) is 8.94. The normalized spacial score (nSPS) is 20.0. The lowest BCUT2D eigenvalue weighted by atomic mass is 10.0. The Morgan fingerprint density at radius 2 is 1.77 bits per heavy atom. The molecule has 1 aliphatic carbocycles. The molecular weight excluding hydrogens is 182 g/mol. The van der Waals surface area contributed by atoms with Gasteiger partial charge >= 0.3 is 0 Å². The number of hydrogen-bond donors (Lipinski definition) is 1. The second-order valence-corrected chi connectivity index (χ2v) is 4.71. The second-order valence-electron chi connectivity index (χ2n) is 3.67. The molecule has 0 aliphatic heterocycles. The van der Waals surface area contributed by atoms with E-state index in [0.717, 1.165) is 5.01 Å². The van der Waals surface area contributed by atoms with Crippen LogP contribution in [-0.4, -0.2) is 10.2 Å². The molecule has 0 aromatic carbocycles. The maximum atomic E-state index is 5.57. The summed E-state index contributed by atoms with van der Waals surface area (Å²) in [6.07, 6.45) is 7.98. The summed E-state index contributed by atoms with van der Waals surface area (Å²) in [5.74, 6) is 0.636. The maximum absolute atomic E-state index is 5.57. The van der Waals surface area contributed by atoms with Gasteiger partial charge in [-0.1, -0.05) is 37.0 Å². The largest absolute Gasteiger partial charge is 0.374 e. The van der Waals surface area contributed by atoms with E-state index in [2.05, 4.69) is 10.2 Å². The van der Waals surface area contributed by atoms with Crippen molar-refractivity contribution in [3.63, 3.8) is 0 Å². The van der Waals surface area contributed by atoms with Gasteiger partial charge in [0, 0.05) is 5.92 Å². The van der Waals surface area contributed by atoms with E-state index in [1.807, 2.05) is 0 Å². The van der Waals surface area contributed by atoms with Crippen molar-refractivity contribution in [2.24, 2.45) is 0 Å². The molecule has 1 heterocycles. The third-order valence-corrected chi connectivity index (χ3v) is 3.58. The van der Waals surface area contributed by atoms with Crippen molar-refractivity contribution in [3.05, 3.63) is 5.01 Å². The van der Waals surface area contributed by atoms with Gasteiger partial charge in [0.25, 0.3) is 0 Å². The van der Waals surface area contributed by atoms with Gasteiger partial charge in [0.05, 0.1) is 0 Å². The molecule has 1 aromatic heterocycles. The number of nitrogens with zero attached hydrogens (tertiary/aromatic N) is 2. The van der Waals surface area contributed by atoms with Crippen molar-refractivity contribution in [3.8, 4) is 0 Å². The molecule has 1 fully saturated rings. The van der Waals surface area contributed by atoms with Crippen LogP contribution in [-0.2, 0) is 0 Å². The van der Waals surface area contributed by atoms with Crippen LogP contribution in [0.2, 0.25) is 0 Å². The molecule has 0 amide bonds. The van der Waals surface area contributed by atoms with Crippen LogP contribution in [0.25, 0.3) is 0 Å². The lowest BCUT2D eigenvalue weighted by molar-refractivity contribution is 0.584. The van der Waals surface area contributed by atoms with Gasteiger partial charge in [-0.3, -0.25) is 0 Å². The minimum absolute atomic E-state index is 0.610. The molecule has 2 N–H and O–H groups in total. The predicted octanol–water partition coefficient (Wildman–Crippen LogP) is 2.56.